The maximum Gasteiger partial charge on any atom is 0.451 e. The average Bonchev–Trinajstić information content (AvgIpc) is 3.32. The molecule has 2 amide bonds. The van der Waals surface area contributed by atoms with Crippen LogP contribution < -0.4 is 5.32 Å². The number of nitrogens with zero attached hydrogens (tertiary/aromatic N) is 1. The smallest absolute Gasteiger partial charge is 0.451 e. The highest BCUT2D eigenvalue weighted by Crippen LogP contribution is 2.42. The molecule has 0 saturated carbocycles. The third-order valence-electron chi connectivity index (χ3n) is 6.91. The van der Waals surface area contributed by atoms with Gasteiger partial charge in [0, 0.05) is 24.6 Å². The summed E-state index contributed by atoms with van der Waals surface area (Å²) in [6.07, 6.45) is -0.542. The number of alkyl carbamates (subject to hydrolysis) is 1. The van der Waals surface area contributed by atoms with Crippen LogP contribution in [0.5, 0.6) is 0 Å². The van der Waals surface area contributed by atoms with E-state index in [-0.39, 0.29) is 37.9 Å². The van der Waals surface area contributed by atoms with Gasteiger partial charge in [0.25, 0.3) is 0 Å². The van der Waals surface area contributed by atoms with Crippen LogP contribution in [-0.4, -0.2) is 75.8 Å². The van der Waals surface area contributed by atoms with E-state index in [0.717, 1.165) is 5.56 Å². The van der Waals surface area contributed by atoms with Crippen LogP contribution in [0.2, 0.25) is 6.32 Å². The normalized spacial score (nSPS) is 19.2. The summed E-state index contributed by atoms with van der Waals surface area (Å²) in [5, 5.41) is 40.0. The summed E-state index contributed by atoms with van der Waals surface area (Å²) in [5.41, 5.74) is -1.77. The van der Waals surface area contributed by atoms with E-state index in [1.54, 1.807) is 42.5 Å². The molecule has 2 aromatic carbocycles. The van der Waals surface area contributed by atoms with Crippen LogP contribution in [0.15, 0.2) is 60.7 Å². The monoisotopic (exact) mass is 537 g/mol. The number of carbonyl (C=O) groups excluding carboxylic acids is 3. The van der Waals surface area contributed by atoms with E-state index in [1.165, 1.54) is 24.0 Å². The van der Waals surface area contributed by atoms with Gasteiger partial charge >= 0.3 is 19.2 Å². The number of carboxylic acid groups (broad SMARTS) is 1. The summed E-state index contributed by atoms with van der Waals surface area (Å²) in [7, 11) is -1.60. The molecule has 3 rings (SSSR count). The fraction of sp³-hybridized carbons (Fsp3) is 0.370. The number of hydrogen-bond donors (Lipinski definition) is 5. The number of carbonyl (C=O) groups is 4. The molecule has 0 aliphatic carbocycles. The highest BCUT2D eigenvalue weighted by atomic mass is 16.5. The second kappa shape index (κ2) is 13.2. The Kier molecular flexibility index (Phi) is 9.97. The van der Waals surface area contributed by atoms with Crippen molar-refractivity contribution in [3.05, 3.63) is 71.8 Å². The fourth-order valence-electron chi connectivity index (χ4n) is 4.81. The summed E-state index contributed by atoms with van der Waals surface area (Å²) in [6.45, 7) is 0.888. The Morgan fingerprint density at radius 2 is 1.72 bits per heavy atom. The van der Waals surface area contributed by atoms with Crippen LogP contribution >= 0.6 is 0 Å². The second-order valence-corrected chi connectivity index (χ2v) is 9.60. The first-order valence-corrected chi connectivity index (χ1v) is 12.6. The highest BCUT2D eigenvalue weighted by molar-refractivity contribution is 6.49. The first-order chi connectivity index (χ1) is 18.6. The molecule has 1 heterocycles. The summed E-state index contributed by atoms with van der Waals surface area (Å²) < 4.78 is 5.17. The first-order valence-electron chi connectivity index (χ1n) is 12.6. The molecule has 5 N–H and O–H groups in total. The molecule has 1 aliphatic rings. The van der Waals surface area contributed by atoms with Crippen LogP contribution in [0.4, 0.5) is 4.79 Å². The minimum atomic E-state index is -2.02. The molecule has 1 aliphatic heterocycles. The van der Waals surface area contributed by atoms with Crippen molar-refractivity contribution < 1.29 is 39.1 Å². The van der Waals surface area contributed by atoms with Gasteiger partial charge in [-0.2, -0.15) is 0 Å². The van der Waals surface area contributed by atoms with E-state index in [1.807, 2.05) is 6.07 Å². The third-order valence-corrected chi connectivity index (χ3v) is 6.91. The molecule has 0 unspecified atom stereocenters. The van der Waals surface area contributed by atoms with Crippen LogP contribution in [0.3, 0.4) is 0 Å². The predicted octanol–water partition coefficient (Wildman–Crippen LogP) is 1.99. The van der Waals surface area contributed by atoms with Gasteiger partial charge in [-0.25, -0.2) is 4.79 Å². The second-order valence-electron chi connectivity index (χ2n) is 9.60. The minimum Gasteiger partial charge on any atom is -0.480 e. The maximum atomic E-state index is 13.3. The van der Waals surface area contributed by atoms with Crippen molar-refractivity contribution in [3.8, 4) is 0 Å². The minimum absolute atomic E-state index is 0.00301. The number of aliphatic carboxylic acids is 1. The molecule has 1 saturated heterocycles. The lowest BCUT2D eigenvalue weighted by Gasteiger charge is -2.30. The largest absolute Gasteiger partial charge is 0.480 e. The molecule has 0 radical (unpaired) electrons. The SMILES string of the molecule is C[C@H](NC(=O)OCc1ccccc1)C(=O)N1C[C@H](CCCB(O)O)[C@](C(=N)C(=O)c2ccccc2)(C(=O)O)C1. The van der Waals surface area contributed by atoms with Gasteiger partial charge < -0.3 is 30.1 Å². The molecule has 0 spiro atoms. The molecular formula is C27H32BN3O8. The van der Waals surface area contributed by atoms with Crippen LogP contribution in [0, 0.1) is 16.7 Å². The molecule has 206 valence electrons. The lowest BCUT2D eigenvalue weighted by molar-refractivity contribution is -0.146. The van der Waals surface area contributed by atoms with Crippen molar-refractivity contribution in [1.29, 1.82) is 5.41 Å². The van der Waals surface area contributed by atoms with E-state index >= 15 is 0 Å². The van der Waals surface area contributed by atoms with E-state index in [2.05, 4.69) is 5.32 Å². The molecule has 1 fully saturated rings. The van der Waals surface area contributed by atoms with Gasteiger partial charge in [0.15, 0.2) is 0 Å². The number of carboxylic acids is 1. The number of benzene rings is 2. The number of ketones is 1. The van der Waals surface area contributed by atoms with Gasteiger partial charge in [0.1, 0.15) is 18.1 Å². The quantitative estimate of drug-likeness (QED) is 0.155. The van der Waals surface area contributed by atoms with Crippen LogP contribution in [0.25, 0.3) is 0 Å². The summed E-state index contributed by atoms with van der Waals surface area (Å²) in [5.74, 6) is -3.64. The number of hydrogen-bond acceptors (Lipinski definition) is 8. The number of Topliss-reactive ketones (excluding diaryl/α,β-unsaturated/α-hetero) is 1. The number of rotatable bonds is 12. The zero-order chi connectivity index (χ0) is 28.6. The predicted molar refractivity (Wildman–Crippen MR) is 142 cm³/mol. The molecule has 2 aromatic rings. The number of ether oxygens (including phenoxy) is 1. The molecule has 0 aromatic heterocycles. The Bertz CT molecular complexity index is 1190. The van der Waals surface area contributed by atoms with Gasteiger partial charge in [0.05, 0.1) is 5.71 Å². The summed E-state index contributed by atoms with van der Waals surface area (Å²) >= 11 is 0. The Labute approximate surface area is 226 Å². The van der Waals surface area contributed by atoms with Gasteiger partial charge in [-0.05, 0) is 25.2 Å². The third kappa shape index (κ3) is 7.09. The number of likely N-dealkylation sites (tertiary alicyclic amines) is 1. The van der Waals surface area contributed by atoms with Crippen molar-refractivity contribution in [1.82, 2.24) is 10.2 Å². The Balaban J connectivity index is 1.78. The number of amides is 2. The molecule has 39 heavy (non-hydrogen) atoms. The van der Waals surface area contributed by atoms with Crippen molar-refractivity contribution in [2.45, 2.75) is 38.7 Å². The zero-order valence-corrected chi connectivity index (χ0v) is 21.6. The molecule has 3 atom stereocenters. The topological polar surface area (TPSA) is 177 Å². The van der Waals surface area contributed by atoms with Gasteiger partial charge in [0.2, 0.25) is 11.7 Å². The average molecular weight is 537 g/mol. The molecular weight excluding hydrogens is 505 g/mol. The van der Waals surface area contributed by atoms with Gasteiger partial charge in [-0.15, -0.1) is 0 Å². The molecule has 11 nitrogen and oxygen atoms in total. The molecule has 12 heteroatoms. The highest BCUT2D eigenvalue weighted by Gasteiger charge is 2.58. The van der Waals surface area contributed by atoms with Crippen molar-refractivity contribution in [2.75, 3.05) is 13.1 Å². The van der Waals surface area contributed by atoms with E-state index < -0.39 is 60.5 Å². The van der Waals surface area contributed by atoms with Gasteiger partial charge in [-0.1, -0.05) is 67.1 Å². The zero-order valence-electron chi connectivity index (χ0n) is 21.6. The fourth-order valence-corrected chi connectivity index (χ4v) is 4.81. The lowest BCUT2D eigenvalue weighted by atomic mass is 9.69. The van der Waals surface area contributed by atoms with Gasteiger partial charge in [-0.3, -0.25) is 19.8 Å². The van der Waals surface area contributed by atoms with Crippen molar-refractivity contribution >= 4 is 36.6 Å². The van der Waals surface area contributed by atoms with Crippen LogP contribution in [0.1, 0.15) is 35.7 Å². The van der Waals surface area contributed by atoms with E-state index in [4.69, 9.17) is 10.1 Å². The van der Waals surface area contributed by atoms with Crippen LogP contribution in [-0.2, 0) is 20.9 Å². The standard InChI is InChI=1S/C27H32BN3O8/c1-18(30-26(36)39-16-19-9-4-2-5-10-19)24(33)31-15-21(13-8-14-28(37)38)27(17-31,25(34)35)23(29)22(32)20-11-6-3-7-12-20/h2-7,9-12,18,21,29,37-38H,8,13-17H2,1H3,(H,30,36)(H,34,35)/t18-,21-,27+/m0/s1. The van der Waals surface area contributed by atoms with Crippen molar-refractivity contribution in [3.63, 3.8) is 0 Å². The van der Waals surface area contributed by atoms with E-state index in [9.17, 15) is 34.3 Å². The molecule has 0 bridgehead atoms. The Morgan fingerprint density at radius 3 is 2.31 bits per heavy atom. The maximum absolute atomic E-state index is 13.3. The Morgan fingerprint density at radius 1 is 1.10 bits per heavy atom. The lowest BCUT2D eigenvalue weighted by Crippen LogP contribution is -2.51. The number of nitrogens with one attached hydrogen (secondary N) is 2. The van der Waals surface area contributed by atoms with E-state index in [0.29, 0.717) is 0 Å². The summed E-state index contributed by atoms with van der Waals surface area (Å²) in [6, 6.07) is 15.7. The summed E-state index contributed by atoms with van der Waals surface area (Å²) in [4.78, 5) is 52.7. The van der Waals surface area contributed by atoms with Crippen molar-refractivity contribution in [2.24, 2.45) is 11.3 Å². The Hall–Kier alpha value is -4.03. The first kappa shape index (κ1) is 29.5.